The third-order valence-electron chi connectivity index (χ3n) is 2.72. The Morgan fingerprint density at radius 2 is 1.91 bits per heavy atom. The zero-order valence-corrected chi connectivity index (χ0v) is 13.3. The quantitative estimate of drug-likeness (QED) is 0.884. The molecule has 0 saturated carbocycles. The molecule has 1 aromatic carbocycles. The van der Waals surface area contributed by atoms with Gasteiger partial charge in [0.1, 0.15) is 11.4 Å². The van der Waals surface area contributed by atoms with Gasteiger partial charge < -0.3 is 14.6 Å². The smallest absolute Gasteiger partial charge is 0.414 e. The highest BCUT2D eigenvalue weighted by atomic mass is 19.4. The molecule has 0 heterocycles. The Kier molecular flexibility index (Phi) is 5.87. The summed E-state index contributed by atoms with van der Waals surface area (Å²) in [5.41, 5.74) is -0.196. The maximum Gasteiger partial charge on any atom is 0.414 e. The molecule has 1 aromatic rings. The van der Waals surface area contributed by atoms with Gasteiger partial charge in [-0.25, -0.2) is 4.79 Å². The van der Waals surface area contributed by atoms with Gasteiger partial charge in [0.25, 0.3) is 0 Å². The molecule has 1 atom stereocenters. The fraction of sp³-hybridized carbons (Fsp3) is 0.533. The van der Waals surface area contributed by atoms with Gasteiger partial charge in [0.15, 0.2) is 6.10 Å². The van der Waals surface area contributed by atoms with Gasteiger partial charge in [-0.05, 0) is 32.4 Å². The minimum absolute atomic E-state index is 0.127. The Morgan fingerprint density at radius 1 is 1.30 bits per heavy atom. The molecule has 8 heteroatoms. The molecule has 0 aliphatic heterocycles. The van der Waals surface area contributed by atoms with Crippen molar-refractivity contribution in [2.75, 3.05) is 12.4 Å². The lowest BCUT2D eigenvalue weighted by Crippen LogP contribution is -2.30. The maximum atomic E-state index is 12.4. The van der Waals surface area contributed by atoms with Crippen molar-refractivity contribution in [2.45, 2.75) is 45.1 Å². The van der Waals surface area contributed by atoms with Crippen LogP contribution in [0.4, 0.5) is 23.7 Å². The molecule has 23 heavy (non-hydrogen) atoms. The first kappa shape index (κ1) is 19.1. The van der Waals surface area contributed by atoms with Crippen LogP contribution >= 0.6 is 0 Å². The molecule has 0 aromatic heterocycles. The number of amides is 1. The normalized spacial score (nSPS) is 13.4. The summed E-state index contributed by atoms with van der Waals surface area (Å²) in [7, 11) is 1.29. The standard InChI is InChI=1S/C15H20F3NO4/c1-14(2,3)23-13(21)19-10-6-5-9(11(8-10)22-4)7-12(20)15(16,17)18/h5-6,8,12,20H,7H2,1-4H3,(H,19,21). The van der Waals surface area contributed by atoms with E-state index in [1.165, 1.54) is 25.3 Å². The fourth-order valence-corrected chi connectivity index (χ4v) is 1.74. The van der Waals surface area contributed by atoms with Gasteiger partial charge in [-0.2, -0.15) is 13.2 Å². The third kappa shape index (κ3) is 6.35. The van der Waals surface area contributed by atoms with Crippen molar-refractivity contribution in [3.8, 4) is 5.75 Å². The van der Waals surface area contributed by atoms with Crippen molar-refractivity contribution >= 4 is 11.8 Å². The first-order chi connectivity index (χ1) is 10.4. The molecule has 0 bridgehead atoms. The van der Waals surface area contributed by atoms with Crippen LogP contribution in [0.25, 0.3) is 0 Å². The molecular formula is C15H20F3NO4. The monoisotopic (exact) mass is 335 g/mol. The average molecular weight is 335 g/mol. The molecular weight excluding hydrogens is 315 g/mol. The number of ether oxygens (including phenoxy) is 2. The summed E-state index contributed by atoms with van der Waals surface area (Å²) in [6.45, 7) is 5.11. The Labute approximate surface area is 132 Å². The molecule has 1 rings (SSSR count). The second kappa shape index (κ2) is 7.08. The first-order valence-electron chi connectivity index (χ1n) is 6.84. The third-order valence-corrected chi connectivity index (χ3v) is 2.72. The van der Waals surface area contributed by atoms with E-state index in [-0.39, 0.29) is 11.3 Å². The number of carbonyl (C=O) groups excluding carboxylic acids is 1. The van der Waals surface area contributed by atoms with E-state index in [2.05, 4.69) is 5.32 Å². The predicted molar refractivity (Wildman–Crippen MR) is 78.6 cm³/mol. The van der Waals surface area contributed by atoms with Gasteiger partial charge in [0.05, 0.1) is 7.11 Å². The summed E-state index contributed by atoms with van der Waals surface area (Å²) in [5, 5.41) is 11.6. The van der Waals surface area contributed by atoms with E-state index in [4.69, 9.17) is 14.6 Å². The molecule has 0 saturated heterocycles. The number of methoxy groups -OCH3 is 1. The number of alkyl halides is 3. The lowest BCUT2D eigenvalue weighted by Gasteiger charge is -2.20. The molecule has 1 amide bonds. The van der Waals surface area contributed by atoms with E-state index < -0.39 is 30.4 Å². The van der Waals surface area contributed by atoms with Crippen molar-refractivity contribution < 1.29 is 32.5 Å². The summed E-state index contributed by atoms with van der Waals surface area (Å²) in [6.07, 6.45) is -8.53. The molecule has 0 fully saturated rings. The zero-order chi connectivity index (χ0) is 17.8. The van der Waals surface area contributed by atoms with Crippen LogP contribution < -0.4 is 10.1 Å². The Hall–Kier alpha value is -1.96. The van der Waals surface area contributed by atoms with Crippen LogP contribution in [0.5, 0.6) is 5.75 Å². The van der Waals surface area contributed by atoms with Gasteiger partial charge in [-0.1, -0.05) is 6.07 Å². The van der Waals surface area contributed by atoms with E-state index in [9.17, 15) is 18.0 Å². The van der Waals surface area contributed by atoms with E-state index in [1.807, 2.05) is 0 Å². The molecule has 5 nitrogen and oxygen atoms in total. The predicted octanol–water partition coefficient (Wildman–Crippen LogP) is 3.51. The number of aliphatic hydroxyl groups is 1. The molecule has 1 unspecified atom stereocenters. The van der Waals surface area contributed by atoms with Crippen LogP contribution in [0.15, 0.2) is 18.2 Å². The summed E-state index contributed by atoms with van der Waals surface area (Å²) < 4.78 is 47.3. The molecule has 0 aliphatic carbocycles. The minimum Gasteiger partial charge on any atom is -0.496 e. The number of carbonyl (C=O) groups is 1. The van der Waals surface area contributed by atoms with Crippen molar-refractivity contribution in [1.82, 2.24) is 0 Å². The topological polar surface area (TPSA) is 67.8 Å². The first-order valence-corrected chi connectivity index (χ1v) is 6.84. The summed E-state index contributed by atoms with van der Waals surface area (Å²) in [5.74, 6) is 0.127. The summed E-state index contributed by atoms with van der Waals surface area (Å²) in [4.78, 5) is 11.7. The van der Waals surface area contributed by atoms with Crippen LogP contribution in [-0.2, 0) is 11.2 Å². The van der Waals surface area contributed by atoms with Crippen LogP contribution in [-0.4, -0.2) is 36.2 Å². The number of anilines is 1. The Balaban J connectivity index is 2.86. The van der Waals surface area contributed by atoms with Gasteiger partial charge >= 0.3 is 12.3 Å². The summed E-state index contributed by atoms with van der Waals surface area (Å²) in [6, 6.07) is 4.12. The lowest BCUT2D eigenvalue weighted by atomic mass is 10.1. The zero-order valence-electron chi connectivity index (χ0n) is 13.3. The highest BCUT2D eigenvalue weighted by molar-refractivity contribution is 5.85. The number of benzene rings is 1. The largest absolute Gasteiger partial charge is 0.496 e. The van der Waals surface area contributed by atoms with Crippen molar-refractivity contribution in [3.63, 3.8) is 0 Å². The molecule has 130 valence electrons. The van der Waals surface area contributed by atoms with Crippen molar-refractivity contribution in [2.24, 2.45) is 0 Å². The van der Waals surface area contributed by atoms with E-state index in [0.717, 1.165) is 0 Å². The minimum atomic E-state index is -4.71. The van der Waals surface area contributed by atoms with E-state index in [0.29, 0.717) is 5.69 Å². The number of nitrogens with one attached hydrogen (secondary N) is 1. The van der Waals surface area contributed by atoms with Crippen LogP contribution in [0.3, 0.4) is 0 Å². The van der Waals surface area contributed by atoms with Crippen molar-refractivity contribution in [3.05, 3.63) is 23.8 Å². The number of hydrogen-bond donors (Lipinski definition) is 2. The molecule has 2 N–H and O–H groups in total. The highest BCUT2D eigenvalue weighted by Gasteiger charge is 2.38. The molecule has 0 spiro atoms. The Morgan fingerprint density at radius 3 is 2.39 bits per heavy atom. The van der Waals surface area contributed by atoms with Crippen LogP contribution in [0.2, 0.25) is 0 Å². The van der Waals surface area contributed by atoms with Gasteiger partial charge in [0, 0.05) is 18.2 Å². The van der Waals surface area contributed by atoms with Crippen LogP contribution in [0.1, 0.15) is 26.3 Å². The number of hydrogen-bond acceptors (Lipinski definition) is 4. The van der Waals surface area contributed by atoms with E-state index >= 15 is 0 Å². The highest BCUT2D eigenvalue weighted by Crippen LogP contribution is 2.29. The van der Waals surface area contributed by atoms with Gasteiger partial charge in [-0.3, -0.25) is 5.32 Å². The molecule has 0 radical (unpaired) electrons. The molecule has 0 aliphatic rings. The van der Waals surface area contributed by atoms with Gasteiger partial charge in [0.2, 0.25) is 0 Å². The van der Waals surface area contributed by atoms with E-state index in [1.54, 1.807) is 20.8 Å². The number of aliphatic hydroxyl groups excluding tert-OH is 1. The number of halogens is 3. The fourth-order valence-electron chi connectivity index (χ4n) is 1.74. The van der Waals surface area contributed by atoms with Crippen molar-refractivity contribution in [1.29, 1.82) is 0 Å². The average Bonchev–Trinajstić information content (AvgIpc) is 2.36. The number of rotatable bonds is 4. The maximum absolute atomic E-state index is 12.4. The second-order valence-electron chi connectivity index (χ2n) is 5.92. The Bertz CT molecular complexity index is 553. The SMILES string of the molecule is COc1cc(NC(=O)OC(C)(C)C)ccc1CC(O)C(F)(F)F. The summed E-state index contributed by atoms with van der Waals surface area (Å²) >= 11 is 0. The lowest BCUT2D eigenvalue weighted by molar-refractivity contribution is -0.203. The van der Waals surface area contributed by atoms with Crippen LogP contribution in [0, 0.1) is 0 Å². The van der Waals surface area contributed by atoms with Gasteiger partial charge in [-0.15, -0.1) is 0 Å². The second-order valence-corrected chi connectivity index (χ2v) is 5.92.